The molecule has 8 nitrogen and oxygen atoms in total. The molecule has 9 atom stereocenters. The summed E-state index contributed by atoms with van der Waals surface area (Å²) in [5, 5.41) is 45.1. The normalized spacial score (nSPS) is 46.3. The van der Waals surface area contributed by atoms with E-state index in [0.717, 1.165) is 6.08 Å². The number of carbonyl (C=O) groups excluding carboxylic acids is 3. The molecule has 1 unspecified atom stereocenters. The highest BCUT2D eigenvalue weighted by atomic mass is 16.6. The Morgan fingerprint density at radius 2 is 1.85 bits per heavy atom. The number of hydrogen-bond acceptors (Lipinski definition) is 8. The fourth-order valence-electron chi connectivity index (χ4n) is 6.94. The van der Waals surface area contributed by atoms with Gasteiger partial charge in [0, 0.05) is 28.7 Å². The van der Waals surface area contributed by atoms with Gasteiger partial charge in [0.15, 0.2) is 17.2 Å². The van der Waals surface area contributed by atoms with Crippen LogP contribution in [0.3, 0.4) is 0 Å². The third-order valence-electron chi connectivity index (χ3n) is 9.20. The highest BCUT2D eigenvalue weighted by Gasteiger charge is 2.88. The third-order valence-corrected chi connectivity index (χ3v) is 9.20. The smallest absolute Gasteiger partial charge is 0.309 e. The van der Waals surface area contributed by atoms with Gasteiger partial charge in [-0.25, -0.2) is 0 Å². The summed E-state index contributed by atoms with van der Waals surface area (Å²) in [5.74, 6) is -6.40. The van der Waals surface area contributed by atoms with Crippen LogP contribution in [0.1, 0.15) is 48.0 Å². The van der Waals surface area contributed by atoms with E-state index in [0.29, 0.717) is 6.42 Å². The van der Waals surface area contributed by atoms with Crippen LogP contribution in [0, 0.1) is 35.0 Å². The topological polar surface area (TPSA) is 141 Å². The van der Waals surface area contributed by atoms with Crippen LogP contribution in [-0.4, -0.2) is 67.5 Å². The molecule has 0 bridgehead atoms. The van der Waals surface area contributed by atoms with Gasteiger partial charge >= 0.3 is 5.97 Å². The monoisotopic (exact) mass is 462 g/mol. The van der Waals surface area contributed by atoms with E-state index in [1.807, 2.05) is 6.92 Å². The lowest BCUT2D eigenvalue weighted by atomic mass is 9.58. The van der Waals surface area contributed by atoms with Crippen molar-refractivity contribution in [3.63, 3.8) is 0 Å². The quantitative estimate of drug-likeness (QED) is 0.448. The lowest BCUT2D eigenvalue weighted by molar-refractivity contribution is -0.222. The average Bonchev–Trinajstić information content (AvgIpc) is 3.17. The van der Waals surface area contributed by atoms with Crippen molar-refractivity contribution in [1.82, 2.24) is 0 Å². The van der Waals surface area contributed by atoms with Gasteiger partial charge in [-0.1, -0.05) is 40.7 Å². The zero-order valence-electron chi connectivity index (χ0n) is 20.0. The first-order valence-electron chi connectivity index (χ1n) is 11.6. The molecule has 2 fully saturated rings. The van der Waals surface area contributed by atoms with Crippen molar-refractivity contribution in [3.8, 4) is 0 Å². The number of rotatable bonds is 4. The Morgan fingerprint density at radius 3 is 2.39 bits per heavy atom. The summed E-state index contributed by atoms with van der Waals surface area (Å²) < 4.78 is 5.96. The van der Waals surface area contributed by atoms with Crippen molar-refractivity contribution in [2.45, 2.75) is 70.9 Å². The number of aliphatic hydroxyl groups is 4. The summed E-state index contributed by atoms with van der Waals surface area (Å²) in [6.07, 6.45) is 1.71. The van der Waals surface area contributed by atoms with Crippen LogP contribution in [0.25, 0.3) is 0 Å². The molecule has 0 saturated heterocycles. The summed E-state index contributed by atoms with van der Waals surface area (Å²) in [5.41, 5.74) is -6.47. The molecule has 0 amide bonds. The number of Topliss-reactive ketones (excluding diaryl/α,β-unsaturated/α-hetero) is 2. The van der Waals surface area contributed by atoms with E-state index in [4.69, 9.17) is 4.74 Å². The number of aliphatic hydroxyl groups excluding tert-OH is 2. The molecule has 0 aromatic heterocycles. The van der Waals surface area contributed by atoms with E-state index < -0.39 is 82.1 Å². The largest absolute Gasteiger partial charge is 0.455 e. The van der Waals surface area contributed by atoms with Crippen molar-refractivity contribution < 1.29 is 39.5 Å². The van der Waals surface area contributed by atoms with Crippen LogP contribution in [-0.2, 0) is 19.1 Å². The molecule has 0 aromatic carbocycles. The standard InChI is InChI=1S/C25H34O8/c1-7-11(2)21(30)33-25-18(22(25,5)6)16-17(27)14(10-26)9-23(31)15(8-12(3)19(23)28)24(16,32)13(4)20(25)29/h8-9,11,13,15-16,18,20,26,29,31-32H,7,10H2,1-6H3/t11?,13-,15-,16+,18-,20-,23-,24+,25-/m1/s1. The number of ether oxygens (including phenoxy) is 1. The van der Waals surface area contributed by atoms with Crippen molar-refractivity contribution in [1.29, 1.82) is 0 Å². The van der Waals surface area contributed by atoms with E-state index in [-0.39, 0.29) is 11.1 Å². The molecular weight excluding hydrogens is 428 g/mol. The van der Waals surface area contributed by atoms with Gasteiger partial charge in [-0.2, -0.15) is 0 Å². The second kappa shape index (κ2) is 7.07. The van der Waals surface area contributed by atoms with Gasteiger partial charge in [0.25, 0.3) is 0 Å². The van der Waals surface area contributed by atoms with E-state index in [1.54, 1.807) is 27.7 Å². The number of carbonyl (C=O) groups is 3. The van der Waals surface area contributed by atoms with Crippen LogP contribution < -0.4 is 0 Å². The first kappa shape index (κ1) is 24.3. The van der Waals surface area contributed by atoms with Crippen LogP contribution in [0.4, 0.5) is 0 Å². The SMILES string of the molecule is CCC(C)C(=O)O[C@@]12[C@H](O)[C@@H](C)[C@@]3(O)[C@@H](C(=O)C(CO)=C[C@]4(O)C(=O)C(C)=C[C@@H]34)[C@@H]1C2(C)C. The Kier molecular flexibility index (Phi) is 5.20. The molecule has 0 aliphatic heterocycles. The maximum absolute atomic E-state index is 13.7. The lowest BCUT2D eigenvalue weighted by Gasteiger charge is -2.52. The minimum atomic E-state index is -2.22. The maximum atomic E-state index is 13.7. The van der Waals surface area contributed by atoms with Gasteiger partial charge in [-0.15, -0.1) is 0 Å². The fourth-order valence-corrected chi connectivity index (χ4v) is 6.94. The van der Waals surface area contributed by atoms with E-state index in [9.17, 15) is 34.8 Å². The summed E-state index contributed by atoms with van der Waals surface area (Å²) in [6, 6.07) is 0. The summed E-state index contributed by atoms with van der Waals surface area (Å²) in [4.78, 5) is 39.5. The maximum Gasteiger partial charge on any atom is 0.309 e. The molecule has 4 N–H and O–H groups in total. The van der Waals surface area contributed by atoms with Gasteiger partial charge in [0.05, 0.1) is 30.1 Å². The minimum absolute atomic E-state index is 0.173. The highest BCUT2D eigenvalue weighted by molar-refractivity contribution is 6.09. The number of fused-ring (bicyclic) bond motifs is 5. The third kappa shape index (κ3) is 2.63. The average molecular weight is 463 g/mol. The highest BCUT2D eigenvalue weighted by Crippen LogP contribution is 2.76. The van der Waals surface area contributed by atoms with E-state index >= 15 is 0 Å². The molecule has 182 valence electrons. The molecule has 0 spiro atoms. The molecule has 8 heteroatoms. The van der Waals surface area contributed by atoms with Crippen molar-refractivity contribution >= 4 is 17.5 Å². The molecule has 33 heavy (non-hydrogen) atoms. The summed E-state index contributed by atoms with van der Waals surface area (Å²) >= 11 is 0. The van der Waals surface area contributed by atoms with Crippen LogP contribution in [0.2, 0.25) is 0 Å². The first-order chi connectivity index (χ1) is 15.2. The number of esters is 1. The summed E-state index contributed by atoms with van der Waals surface area (Å²) in [7, 11) is 0. The van der Waals surface area contributed by atoms with E-state index in [2.05, 4.69) is 0 Å². The van der Waals surface area contributed by atoms with Crippen LogP contribution in [0.15, 0.2) is 23.3 Å². The van der Waals surface area contributed by atoms with Crippen molar-refractivity contribution in [3.05, 3.63) is 23.3 Å². The Balaban J connectivity index is 1.92. The lowest BCUT2D eigenvalue weighted by Crippen LogP contribution is -2.66. The van der Waals surface area contributed by atoms with Gasteiger partial charge in [-0.05, 0) is 25.0 Å². The minimum Gasteiger partial charge on any atom is -0.455 e. The molecule has 0 radical (unpaired) electrons. The van der Waals surface area contributed by atoms with Gasteiger partial charge in [0.2, 0.25) is 0 Å². The molecular formula is C25H34O8. The van der Waals surface area contributed by atoms with Crippen molar-refractivity contribution in [2.24, 2.45) is 35.0 Å². The zero-order chi connectivity index (χ0) is 24.9. The van der Waals surface area contributed by atoms with Gasteiger partial charge in [0.1, 0.15) is 5.60 Å². The Morgan fingerprint density at radius 1 is 1.24 bits per heavy atom. The zero-order valence-corrected chi connectivity index (χ0v) is 20.0. The molecule has 2 saturated carbocycles. The Labute approximate surface area is 193 Å². The predicted molar refractivity (Wildman–Crippen MR) is 117 cm³/mol. The predicted octanol–water partition coefficient (Wildman–Crippen LogP) is 0.706. The summed E-state index contributed by atoms with van der Waals surface area (Å²) in [6.45, 7) is 9.46. The molecule has 4 rings (SSSR count). The molecule has 0 heterocycles. The number of hydrogen-bond donors (Lipinski definition) is 4. The van der Waals surface area contributed by atoms with E-state index in [1.165, 1.54) is 13.0 Å². The van der Waals surface area contributed by atoms with Crippen LogP contribution in [0.5, 0.6) is 0 Å². The van der Waals surface area contributed by atoms with Gasteiger partial charge < -0.3 is 25.2 Å². The van der Waals surface area contributed by atoms with Gasteiger partial charge in [-0.3, -0.25) is 14.4 Å². The fraction of sp³-hybridized carbons (Fsp3) is 0.720. The first-order valence-corrected chi connectivity index (χ1v) is 11.6. The number of ketones is 2. The second-order valence-electron chi connectivity index (χ2n) is 11.0. The molecule has 0 aromatic rings. The Bertz CT molecular complexity index is 994. The second-order valence-corrected chi connectivity index (χ2v) is 11.0. The molecule has 4 aliphatic rings. The van der Waals surface area contributed by atoms with Crippen LogP contribution >= 0.6 is 0 Å². The molecule has 4 aliphatic carbocycles. The van der Waals surface area contributed by atoms with Crippen molar-refractivity contribution in [2.75, 3.05) is 6.61 Å². The Hall–Kier alpha value is -1.87.